The molecule has 9 aromatic carbocycles. The van der Waals surface area contributed by atoms with Gasteiger partial charge in [0.25, 0.3) is 6.33 Å². The summed E-state index contributed by atoms with van der Waals surface area (Å²) in [6.45, 7) is 1.95. The fraction of sp³-hybridized carbons (Fsp3) is 0.104. The molecule has 0 spiro atoms. The van der Waals surface area contributed by atoms with Crippen LogP contribution in [0.5, 0.6) is 11.5 Å². The van der Waals surface area contributed by atoms with Crippen LogP contribution in [0.15, 0.2) is 212 Å². The van der Waals surface area contributed by atoms with Gasteiger partial charge in [0.1, 0.15) is 5.82 Å². The zero-order valence-electron chi connectivity index (χ0n) is 51.3. The molecule has 8 nitrogen and oxygen atoms in total. The molecule has 372 valence electrons. The van der Waals surface area contributed by atoms with Gasteiger partial charge >= 0.3 is 0 Å². The van der Waals surface area contributed by atoms with Crippen LogP contribution in [0, 0.1) is 18.5 Å². The van der Waals surface area contributed by atoms with Crippen molar-refractivity contribution in [3.8, 4) is 56.6 Å². The quantitative estimate of drug-likeness (QED) is 0.101. The number of hydrogen-bond acceptors (Lipinski definition) is 4. The number of pyridine rings is 1. The van der Waals surface area contributed by atoms with E-state index in [4.69, 9.17) is 17.9 Å². The molecule has 0 amide bonds. The van der Waals surface area contributed by atoms with E-state index in [0.717, 1.165) is 92.4 Å². The summed E-state index contributed by atoms with van der Waals surface area (Å²) in [5.41, 5.74) is 7.95. The van der Waals surface area contributed by atoms with Crippen molar-refractivity contribution in [2.45, 2.75) is 19.3 Å². The Bertz CT molecular complexity index is 4740. The predicted molar refractivity (Wildman–Crippen MR) is 306 cm³/mol. The van der Waals surface area contributed by atoms with Crippen LogP contribution in [0.25, 0.3) is 99.8 Å². The second-order valence-electron chi connectivity index (χ2n) is 18.9. The maximum atomic E-state index is 9.22. The monoisotopic (exact) mass is 1170 g/mol. The van der Waals surface area contributed by atoms with Crippen LogP contribution in [0.3, 0.4) is 0 Å². The van der Waals surface area contributed by atoms with Crippen molar-refractivity contribution in [3.63, 3.8) is 0 Å². The summed E-state index contributed by atoms with van der Waals surface area (Å²) in [7, 11) is 3.79. The van der Waals surface area contributed by atoms with Gasteiger partial charge < -0.3 is 28.2 Å². The molecule has 13 aromatic rings. The van der Waals surface area contributed by atoms with E-state index in [1.54, 1.807) is 27.3 Å². The number of aromatic nitrogens is 5. The fourth-order valence-electron chi connectivity index (χ4n) is 10.9. The molecule has 1 aliphatic rings. The minimum absolute atomic E-state index is 0. The van der Waals surface area contributed by atoms with Gasteiger partial charge in [0, 0.05) is 111 Å². The number of fused-ring (bicyclic) bond motifs is 7. The van der Waals surface area contributed by atoms with E-state index in [2.05, 4.69) is 87.1 Å². The van der Waals surface area contributed by atoms with E-state index in [1.165, 1.54) is 6.42 Å². The van der Waals surface area contributed by atoms with Crippen LogP contribution in [0.4, 0.5) is 11.4 Å². The SMILES string of the molecule is [2H]c1c([2H])c([2H])c(-c2cccc(-c3c([2H])c([2H])c([2H])c([2H])c3[2H])c2-[n+]2[c-]n(-c3[c-]c(Oc4[c-]c5c(cc4-n4c6ccccc6c6ccccc64)c4ccccc4n5-c4cc(N5CCCCC5)ccn4)ccc3)c3ccc(N(C)C)cc32)c([2H])c1[2H].[Pt]. The zero-order chi connectivity index (χ0) is 58.7. The summed E-state index contributed by atoms with van der Waals surface area (Å²) < 4.78 is 104. The number of benzene rings is 9. The van der Waals surface area contributed by atoms with Gasteiger partial charge in [-0.05, 0) is 94.7 Å². The number of nitrogens with zero attached hydrogens (tertiary/aromatic N) is 7. The molecule has 76 heavy (non-hydrogen) atoms. The van der Waals surface area contributed by atoms with Gasteiger partial charge in [-0.15, -0.1) is 24.3 Å². The Hall–Kier alpha value is -8.71. The third-order valence-corrected chi connectivity index (χ3v) is 14.3. The minimum atomic E-state index is -0.580. The standard InChI is InChI=1S/C67H51N7O.Pt/c1-69(2)48-34-35-61-63(41-48)72(67-52(46-20-6-3-7-21-46)29-19-30-53(67)47-22-8-4-9-23-47)45-71(61)50-24-18-25-51(40-50)75-65-44-62-57(43-64(65)73-58-31-13-10-26-54(58)55-27-11-14-32-59(55)73)56-28-12-15-33-60(56)74(62)66-42-49(36-37-68-66)70-38-16-5-17-39-70;/h3-4,6-15,18-37,41-43H,5,16-17,38-39H2,1-2H3;/q-2;/i3D,4D,6D,7D,8D,9D,20D,21D,22D,23D;. The predicted octanol–water partition coefficient (Wildman–Crippen LogP) is 15.1. The number of piperidine rings is 1. The van der Waals surface area contributed by atoms with Gasteiger partial charge in [-0.1, -0.05) is 150 Å². The van der Waals surface area contributed by atoms with Crippen molar-refractivity contribution >= 4 is 66.0 Å². The summed E-state index contributed by atoms with van der Waals surface area (Å²) in [4.78, 5) is 9.35. The summed E-state index contributed by atoms with van der Waals surface area (Å²) in [5, 5.41) is 4.11. The van der Waals surface area contributed by atoms with Crippen molar-refractivity contribution in [2.75, 3.05) is 37.0 Å². The Balaban J connectivity index is 0.00000686. The van der Waals surface area contributed by atoms with E-state index in [0.29, 0.717) is 28.2 Å². The molecule has 0 aliphatic carbocycles. The first-order valence-corrected chi connectivity index (χ1v) is 25.0. The van der Waals surface area contributed by atoms with Crippen molar-refractivity contribution in [1.82, 2.24) is 18.7 Å². The first-order valence-electron chi connectivity index (χ1n) is 30.0. The van der Waals surface area contributed by atoms with Crippen LogP contribution < -0.4 is 19.1 Å². The van der Waals surface area contributed by atoms with Gasteiger partial charge in [0.15, 0.2) is 0 Å². The van der Waals surface area contributed by atoms with Gasteiger partial charge in [-0.2, -0.15) is 12.1 Å². The average Bonchev–Trinajstić information content (AvgIpc) is 1.59. The molecule has 14 rings (SSSR count). The van der Waals surface area contributed by atoms with Crippen molar-refractivity contribution in [2.24, 2.45) is 0 Å². The third kappa shape index (κ3) is 8.03. The van der Waals surface area contributed by atoms with E-state index in [9.17, 15) is 5.48 Å². The number of rotatable bonds is 10. The van der Waals surface area contributed by atoms with Gasteiger partial charge in [-0.3, -0.25) is 4.57 Å². The fourth-order valence-corrected chi connectivity index (χ4v) is 10.9. The molecule has 1 aliphatic heterocycles. The number of anilines is 2. The molecule has 1 fully saturated rings. The zero-order valence-corrected chi connectivity index (χ0v) is 43.6. The molecule has 1 saturated heterocycles. The molecule has 5 heterocycles. The van der Waals surface area contributed by atoms with E-state index < -0.39 is 60.4 Å². The maximum absolute atomic E-state index is 9.22. The number of imidazole rings is 1. The second kappa shape index (κ2) is 19.5. The minimum Gasteiger partial charge on any atom is -0.508 e. The molecule has 4 aromatic heterocycles. The average molecular weight is 1180 g/mol. The molecular formula is C67H51N7OPt-2. The third-order valence-electron chi connectivity index (χ3n) is 14.3. The molecular weight excluding hydrogens is 1110 g/mol. The Morgan fingerprint density at radius 2 is 1.21 bits per heavy atom. The summed E-state index contributed by atoms with van der Waals surface area (Å²) in [6.07, 6.45) is 8.88. The van der Waals surface area contributed by atoms with Crippen molar-refractivity contribution in [1.29, 1.82) is 0 Å². The van der Waals surface area contributed by atoms with Crippen LogP contribution in [-0.2, 0) is 21.1 Å². The second-order valence-corrected chi connectivity index (χ2v) is 18.9. The maximum Gasteiger partial charge on any atom is 0.268 e. The molecule has 0 bridgehead atoms. The van der Waals surface area contributed by atoms with Crippen LogP contribution in [-0.4, -0.2) is 45.9 Å². The molecule has 0 saturated carbocycles. The molecule has 0 atom stereocenters. The molecule has 9 heteroatoms. The first-order chi connectivity index (χ1) is 41.2. The molecule has 0 radical (unpaired) electrons. The summed E-state index contributed by atoms with van der Waals surface area (Å²) in [5.74, 6) is 1.49. The number of para-hydroxylation sites is 4. The Morgan fingerprint density at radius 3 is 1.87 bits per heavy atom. The van der Waals surface area contributed by atoms with Crippen molar-refractivity contribution < 1.29 is 44.1 Å². The molecule has 0 N–H and O–H groups in total. The van der Waals surface area contributed by atoms with Gasteiger partial charge in [0.05, 0.1) is 30.4 Å². The summed E-state index contributed by atoms with van der Waals surface area (Å²) in [6, 6.07) is 49.5. The van der Waals surface area contributed by atoms with E-state index in [-0.39, 0.29) is 49.0 Å². The Labute approximate surface area is 470 Å². The molecule has 0 unspecified atom stereocenters. The number of ether oxygens (including phenoxy) is 1. The van der Waals surface area contributed by atoms with Crippen LogP contribution >= 0.6 is 0 Å². The first kappa shape index (κ1) is 37.1. The normalized spacial score (nSPS) is 14.6. The van der Waals surface area contributed by atoms with E-state index in [1.807, 2.05) is 98.0 Å². The Morgan fingerprint density at radius 1 is 0.592 bits per heavy atom. The topological polar surface area (TPSA) is 47.3 Å². The van der Waals surface area contributed by atoms with Gasteiger partial charge in [-0.25, -0.2) is 4.98 Å². The van der Waals surface area contributed by atoms with E-state index >= 15 is 0 Å². The van der Waals surface area contributed by atoms with Gasteiger partial charge in [0.2, 0.25) is 0 Å². The number of hydrogen-bond donors (Lipinski definition) is 0. The van der Waals surface area contributed by atoms with Crippen LogP contribution in [0.2, 0.25) is 0 Å². The Kier molecular flexibility index (Phi) is 9.53. The largest absolute Gasteiger partial charge is 0.508 e. The smallest absolute Gasteiger partial charge is 0.268 e. The summed E-state index contributed by atoms with van der Waals surface area (Å²) >= 11 is 0. The van der Waals surface area contributed by atoms with Crippen LogP contribution in [0.1, 0.15) is 33.0 Å². The van der Waals surface area contributed by atoms with Crippen molar-refractivity contribution in [3.05, 3.63) is 231 Å².